The number of hydrogen-bond donors (Lipinski definition) is 8. The molecule has 0 aromatic carbocycles. The van der Waals surface area contributed by atoms with Crippen LogP contribution in [0.4, 0.5) is 0 Å². The summed E-state index contributed by atoms with van der Waals surface area (Å²) in [6.07, 6.45) is -14.1. The second-order valence-corrected chi connectivity index (χ2v) is 20.9. The maximum Gasteiger partial charge on any atom is 0.187 e. The van der Waals surface area contributed by atoms with Gasteiger partial charge in [-0.1, -0.05) is 39.3 Å². The van der Waals surface area contributed by atoms with Gasteiger partial charge in [0.15, 0.2) is 24.7 Å². The van der Waals surface area contributed by atoms with Crippen LogP contribution >= 0.6 is 0 Å². The molecule has 17 heteroatoms. The van der Waals surface area contributed by atoms with Crippen LogP contribution in [0.2, 0.25) is 0 Å². The molecule has 5 heterocycles. The van der Waals surface area contributed by atoms with Gasteiger partial charge in [-0.25, -0.2) is 0 Å². The van der Waals surface area contributed by atoms with Crippen molar-refractivity contribution < 1.29 is 83.5 Å². The Balaban J connectivity index is 0.928. The van der Waals surface area contributed by atoms with Crippen LogP contribution in [0.5, 0.6) is 0 Å². The van der Waals surface area contributed by atoms with E-state index in [0.29, 0.717) is 43.5 Å². The number of Topliss-reactive ketones (excluding diaryl/α,β-unsaturated/α-hetero) is 1. The van der Waals surface area contributed by atoms with Crippen molar-refractivity contribution in [2.75, 3.05) is 13.2 Å². The first-order valence-corrected chi connectivity index (χ1v) is 23.2. The Morgan fingerprint density at radius 3 is 1.98 bits per heavy atom. The molecule has 17 nitrogen and oxygen atoms in total. The molecule has 5 aliphatic heterocycles. The summed E-state index contributed by atoms with van der Waals surface area (Å²) < 4.78 is 49.8. The average Bonchev–Trinajstić information content (AvgIpc) is 3.70. The molecular formula is C45H70O17. The van der Waals surface area contributed by atoms with E-state index in [2.05, 4.69) is 33.8 Å². The quantitative estimate of drug-likeness (QED) is 0.161. The van der Waals surface area contributed by atoms with Gasteiger partial charge in [-0.05, 0) is 81.5 Å². The zero-order valence-electron chi connectivity index (χ0n) is 36.7. The molecule has 0 unspecified atom stereocenters. The van der Waals surface area contributed by atoms with Crippen LogP contribution in [0.15, 0.2) is 11.6 Å². The second kappa shape index (κ2) is 16.8. The Labute approximate surface area is 362 Å². The highest BCUT2D eigenvalue weighted by atomic mass is 16.8. The lowest BCUT2D eigenvalue weighted by molar-refractivity contribution is -0.388. The Morgan fingerprint density at radius 1 is 0.726 bits per heavy atom. The normalized spacial score (nSPS) is 57.7. The predicted molar refractivity (Wildman–Crippen MR) is 213 cm³/mol. The summed E-state index contributed by atoms with van der Waals surface area (Å²) in [7, 11) is 0. The number of fused-ring (bicyclic) bond motifs is 7. The van der Waals surface area contributed by atoms with Crippen LogP contribution in [0.1, 0.15) is 92.9 Å². The summed E-state index contributed by atoms with van der Waals surface area (Å²) in [5, 5.41) is 85.8. The van der Waals surface area contributed by atoms with Crippen LogP contribution < -0.4 is 0 Å². The molecule has 9 aliphatic rings. The molecule has 0 bridgehead atoms. The maximum absolute atomic E-state index is 14.7. The van der Waals surface area contributed by atoms with E-state index in [-0.39, 0.29) is 35.2 Å². The van der Waals surface area contributed by atoms with Crippen molar-refractivity contribution in [3.63, 3.8) is 0 Å². The monoisotopic (exact) mass is 882 g/mol. The van der Waals surface area contributed by atoms with Crippen molar-refractivity contribution >= 4 is 5.78 Å². The van der Waals surface area contributed by atoms with Gasteiger partial charge in [0.25, 0.3) is 0 Å². The molecule has 8 N–H and O–H groups in total. The van der Waals surface area contributed by atoms with E-state index < -0.39 is 116 Å². The van der Waals surface area contributed by atoms with Crippen molar-refractivity contribution in [1.29, 1.82) is 0 Å². The zero-order chi connectivity index (χ0) is 44.4. The summed E-state index contributed by atoms with van der Waals surface area (Å²) in [5.74, 6) is 1.14. The average molecular weight is 883 g/mol. The number of carbonyl (C=O) groups excluding carboxylic acids is 1. The van der Waals surface area contributed by atoms with E-state index >= 15 is 0 Å². The van der Waals surface area contributed by atoms with Crippen molar-refractivity contribution in [2.24, 2.45) is 46.3 Å². The van der Waals surface area contributed by atoms with E-state index in [1.54, 1.807) is 0 Å². The Kier molecular flexibility index (Phi) is 12.5. The molecule has 0 aromatic rings. The van der Waals surface area contributed by atoms with Crippen molar-refractivity contribution in [3.8, 4) is 0 Å². The number of ketones is 1. The third kappa shape index (κ3) is 7.22. The van der Waals surface area contributed by atoms with Gasteiger partial charge in [0, 0.05) is 30.1 Å². The molecule has 1 spiro atoms. The third-order valence-corrected chi connectivity index (χ3v) is 17.5. The van der Waals surface area contributed by atoms with Gasteiger partial charge in [0.05, 0.1) is 37.6 Å². The summed E-state index contributed by atoms with van der Waals surface area (Å²) in [4.78, 5) is 14.7. The fraction of sp³-hybridized carbons (Fsp3) is 0.933. The lowest BCUT2D eigenvalue weighted by Crippen LogP contribution is -2.66. The molecule has 62 heavy (non-hydrogen) atoms. The molecule has 8 fully saturated rings. The molecule has 0 amide bonds. The number of rotatable bonds is 7. The van der Waals surface area contributed by atoms with Gasteiger partial charge in [-0.3, -0.25) is 4.79 Å². The van der Waals surface area contributed by atoms with Crippen LogP contribution in [-0.2, 0) is 42.7 Å². The minimum absolute atomic E-state index is 0.00726. The molecule has 9 rings (SSSR count). The Morgan fingerprint density at radius 2 is 1.37 bits per heavy atom. The van der Waals surface area contributed by atoms with Crippen LogP contribution in [0.25, 0.3) is 0 Å². The first-order chi connectivity index (χ1) is 29.3. The molecule has 0 radical (unpaired) electrons. The van der Waals surface area contributed by atoms with Gasteiger partial charge in [-0.15, -0.1) is 0 Å². The third-order valence-electron chi connectivity index (χ3n) is 17.5. The van der Waals surface area contributed by atoms with Crippen molar-refractivity contribution in [1.82, 2.24) is 0 Å². The fourth-order valence-corrected chi connectivity index (χ4v) is 13.7. The van der Waals surface area contributed by atoms with E-state index in [9.17, 15) is 45.6 Å². The van der Waals surface area contributed by atoms with Gasteiger partial charge >= 0.3 is 0 Å². The molecule has 5 saturated heterocycles. The Hall–Kier alpha value is -1.23. The lowest BCUT2D eigenvalue weighted by atomic mass is 9.46. The highest BCUT2D eigenvalue weighted by Gasteiger charge is 2.71. The molecule has 3 saturated carbocycles. The molecule has 26 atom stereocenters. The Bertz CT molecular complexity index is 1670. The van der Waals surface area contributed by atoms with Gasteiger partial charge in [0.2, 0.25) is 0 Å². The van der Waals surface area contributed by atoms with Gasteiger partial charge < -0.3 is 78.7 Å². The van der Waals surface area contributed by atoms with E-state index in [4.69, 9.17) is 37.9 Å². The minimum atomic E-state index is -1.74. The molecular weight excluding hydrogens is 812 g/mol. The second-order valence-electron chi connectivity index (χ2n) is 20.9. The smallest absolute Gasteiger partial charge is 0.187 e. The first-order valence-electron chi connectivity index (χ1n) is 23.2. The van der Waals surface area contributed by atoms with Crippen LogP contribution in [-0.4, -0.2) is 170 Å². The number of carbonyl (C=O) groups is 1. The summed E-state index contributed by atoms with van der Waals surface area (Å²) in [5.41, 5.74) is 0.457. The topological polar surface area (TPSA) is 253 Å². The molecule has 352 valence electrons. The van der Waals surface area contributed by atoms with E-state index in [0.717, 1.165) is 32.1 Å². The standard InChI is InChI=1S/C45H70O17/c1-18-9-12-45(55-17-18)19(2)30-27(62-45)14-26-24-8-7-22-13-23(10-11-43(22,5)25(24)15-29(47)44(26,30)6)58-42-39(61-41-36(53)34(51)32(49)21(4)57-41)37(54)38(28(16-46)59-42)60-40-35(52)33(50)31(48)20(3)56-40/h7,18-21,23-28,30-42,46,48-54H,8-17H2,1-6H3/t18-,19+,20+,21+,23+,24-,25+,26+,27+,28-,30+,31+,32+,33-,34-,35-,36-,37+,38-,39-,40+,41+,42-,43+,44-,45-/m1/s1. The van der Waals surface area contributed by atoms with Gasteiger partial charge in [0.1, 0.15) is 66.8 Å². The fourth-order valence-electron chi connectivity index (χ4n) is 13.7. The zero-order valence-corrected chi connectivity index (χ0v) is 36.7. The number of ether oxygens (including phenoxy) is 8. The number of aliphatic hydroxyl groups excluding tert-OH is 8. The maximum atomic E-state index is 14.7. The van der Waals surface area contributed by atoms with Crippen LogP contribution in [0, 0.1) is 46.3 Å². The molecule has 0 aromatic heterocycles. The molecule has 4 aliphatic carbocycles. The first kappa shape index (κ1) is 45.9. The van der Waals surface area contributed by atoms with E-state index in [1.807, 2.05) is 0 Å². The van der Waals surface area contributed by atoms with Crippen molar-refractivity contribution in [3.05, 3.63) is 11.6 Å². The van der Waals surface area contributed by atoms with Crippen LogP contribution in [0.3, 0.4) is 0 Å². The summed E-state index contributed by atoms with van der Waals surface area (Å²) >= 11 is 0. The number of aliphatic hydroxyl groups is 8. The lowest BCUT2D eigenvalue weighted by Gasteiger charge is -2.58. The van der Waals surface area contributed by atoms with E-state index in [1.165, 1.54) is 19.4 Å². The summed E-state index contributed by atoms with van der Waals surface area (Å²) in [6, 6.07) is 0. The SMILES string of the molecule is C[C@@H]1CC[C@@]2(OC1)O[C@H]1C[C@H]3[C@@H]4CC=C5C[C@@H](O[C@@H]6O[C@H](CO)[C@@H](O[C@@H]7O[C@@H](C)[C@H](O)[C@@H](O)[C@H]7O)[C@H](O)[C@H]6O[C@@H]6O[C@@H](C)[C@H](O)[C@@H](O)[C@H]6O)CC[C@]5(C)[C@H]4CC(=O)[C@]3(C)[C@H]1[C@@H]2C. The number of hydrogen-bond acceptors (Lipinski definition) is 17. The van der Waals surface area contributed by atoms with Gasteiger partial charge in [-0.2, -0.15) is 0 Å². The minimum Gasteiger partial charge on any atom is -0.394 e. The highest BCUT2D eigenvalue weighted by Crippen LogP contribution is 2.69. The largest absolute Gasteiger partial charge is 0.394 e. The highest BCUT2D eigenvalue weighted by molar-refractivity contribution is 5.87. The van der Waals surface area contributed by atoms with Crippen molar-refractivity contribution in [2.45, 2.75) is 203 Å². The number of allylic oxidation sites excluding steroid dienone is 1. The summed E-state index contributed by atoms with van der Waals surface area (Å²) in [6.45, 7) is 11.9. The predicted octanol–water partition coefficient (Wildman–Crippen LogP) is 0.421.